The first-order chi connectivity index (χ1) is 9.31. The lowest BCUT2D eigenvalue weighted by molar-refractivity contribution is 0.599. The number of nitrogens with two attached hydrogens (primary N) is 1. The SMILES string of the molecule is Cc1cccnc1NS(=O)(=O)c1cc(C)c(F)c(N)c1. The molecule has 106 valence electrons. The number of aromatic nitrogens is 1. The van der Waals surface area contributed by atoms with Crippen molar-refractivity contribution in [3.05, 3.63) is 47.4 Å². The molecule has 0 atom stereocenters. The van der Waals surface area contributed by atoms with E-state index in [1.807, 2.05) is 0 Å². The largest absolute Gasteiger partial charge is 0.396 e. The van der Waals surface area contributed by atoms with Gasteiger partial charge in [-0.2, -0.15) is 0 Å². The minimum Gasteiger partial charge on any atom is -0.396 e. The second-order valence-electron chi connectivity index (χ2n) is 4.42. The third-order valence-corrected chi connectivity index (χ3v) is 4.13. The molecule has 2 aromatic rings. The molecule has 0 aliphatic rings. The Morgan fingerprint density at radius 2 is 1.95 bits per heavy atom. The van der Waals surface area contributed by atoms with E-state index in [2.05, 4.69) is 9.71 Å². The van der Waals surface area contributed by atoms with Crippen LogP contribution in [-0.4, -0.2) is 13.4 Å². The Morgan fingerprint density at radius 1 is 1.25 bits per heavy atom. The zero-order valence-corrected chi connectivity index (χ0v) is 11.8. The van der Waals surface area contributed by atoms with Gasteiger partial charge in [0, 0.05) is 6.20 Å². The first kappa shape index (κ1) is 14.3. The summed E-state index contributed by atoms with van der Waals surface area (Å²) in [6.45, 7) is 3.19. The van der Waals surface area contributed by atoms with Crippen LogP contribution in [0.25, 0.3) is 0 Å². The molecular weight excluding hydrogens is 281 g/mol. The van der Waals surface area contributed by atoms with Crippen molar-refractivity contribution in [1.29, 1.82) is 0 Å². The van der Waals surface area contributed by atoms with Gasteiger partial charge in [-0.25, -0.2) is 17.8 Å². The van der Waals surface area contributed by atoms with Gasteiger partial charge in [-0.3, -0.25) is 4.72 Å². The molecule has 1 heterocycles. The highest BCUT2D eigenvalue weighted by Crippen LogP contribution is 2.23. The van der Waals surface area contributed by atoms with Gasteiger partial charge in [-0.05, 0) is 43.2 Å². The Morgan fingerprint density at radius 3 is 2.55 bits per heavy atom. The second-order valence-corrected chi connectivity index (χ2v) is 6.10. The van der Waals surface area contributed by atoms with Gasteiger partial charge in [-0.1, -0.05) is 6.07 Å². The minimum atomic E-state index is -3.86. The van der Waals surface area contributed by atoms with Crippen molar-refractivity contribution < 1.29 is 12.8 Å². The summed E-state index contributed by atoms with van der Waals surface area (Å²) in [5, 5.41) is 0. The molecule has 1 aromatic heterocycles. The van der Waals surface area contributed by atoms with E-state index in [0.717, 1.165) is 6.07 Å². The molecule has 0 fully saturated rings. The van der Waals surface area contributed by atoms with Gasteiger partial charge in [0.25, 0.3) is 10.0 Å². The molecule has 20 heavy (non-hydrogen) atoms. The van der Waals surface area contributed by atoms with Crippen LogP contribution in [0.4, 0.5) is 15.9 Å². The van der Waals surface area contributed by atoms with E-state index in [0.29, 0.717) is 5.56 Å². The van der Waals surface area contributed by atoms with Crippen molar-refractivity contribution in [2.24, 2.45) is 0 Å². The van der Waals surface area contributed by atoms with Gasteiger partial charge in [0.15, 0.2) is 0 Å². The van der Waals surface area contributed by atoms with E-state index < -0.39 is 15.8 Å². The van der Waals surface area contributed by atoms with E-state index in [1.54, 1.807) is 19.1 Å². The van der Waals surface area contributed by atoms with Crippen LogP contribution in [0.15, 0.2) is 35.4 Å². The number of nitrogens with one attached hydrogen (secondary N) is 1. The monoisotopic (exact) mass is 295 g/mol. The number of hydrogen-bond donors (Lipinski definition) is 2. The van der Waals surface area contributed by atoms with Gasteiger partial charge in [-0.15, -0.1) is 0 Å². The van der Waals surface area contributed by atoms with Crippen LogP contribution >= 0.6 is 0 Å². The smallest absolute Gasteiger partial charge is 0.263 e. The predicted octanol–water partition coefficient (Wildman–Crippen LogP) is 2.22. The fraction of sp³-hybridized carbons (Fsp3) is 0.154. The van der Waals surface area contributed by atoms with Crippen LogP contribution in [0, 0.1) is 19.7 Å². The summed E-state index contributed by atoms with van der Waals surface area (Å²) in [6.07, 6.45) is 1.48. The lowest BCUT2D eigenvalue weighted by Gasteiger charge is -2.11. The van der Waals surface area contributed by atoms with Crippen molar-refractivity contribution in [1.82, 2.24) is 4.98 Å². The number of pyridine rings is 1. The second kappa shape index (κ2) is 5.09. The summed E-state index contributed by atoms with van der Waals surface area (Å²) in [7, 11) is -3.86. The Hall–Kier alpha value is -2.15. The van der Waals surface area contributed by atoms with Gasteiger partial charge < -0.3 is 5.73 Å². The van der Waals surface area contributed by atoms with E-state index in [9.17, 15) is 12.8 Å². The van der Waals surface area contributed by atoms with Crippen molar-refractivity contribution in [3.63, 3.8) is 0 Å². The van der Waals surface area contributed by atoms with Crippen molar-refractivity contribution in [2.75, 3.05) is 10.5 Å². The Bertz CT molecular complexity index is 737. The Balaban J connectivity index is 2.44. The summed E-state index contributed by atoms with van der Waals surface area (Å²) < 4.78 is 40.3. The highest BCUT2D eigenvalue weighted by Gasteiger charge is 2.18. The molecule has 2 rings (SSSR count). The number of hydrogen-bond acceptors (Lipinski definition) is 4. The minimum absolute atomic E-state index is 0.0982. The van der Waals surface area contributed by atoms with Crippen LogP contribution in [0.5, 0.6) is 0 Å². The lowest BCUT2D eigenvalue weighted by Crippen LogP contribution is -2.15. The molecule has 0 bridgehead atoms. The predicted molar refractivity (Wildman–Crippen MR) is 75.3 cm³/mol. The summed E-state index contributed by atoms with van der Waals surface area (Å²) in [5.74, 6) is -0.383. The number of anilines is 2. The zero-order chi connectivity index (χ0) is 14.9. The number of halogens is 1. The third kappa shape index (κ3) is 2.72. The van der Waals surface area contributed by atoms with Crippen molar-refractivity contribution in [2.45, 2.75) is 18.7 Å². The molecule has 0 saturated carbocycles. The fourth-order valence-corrected chi connectivity index (χ4v) is 2.90. The molecule has 0 radical (unpaired) electrons. The maximum atomic E-state index is 13.4. The first-order valence-electron chi connectivity index (χ1n) is 5.81. The molecule has 0 amide bonds. The average Bonchev–Trinajstić information content (AvgIpc) is 2.38. The first-order valence-corrected chi connectivity index (χ1v) is 7.29. The molecule has 0 saturated heterocycles. The van der Waals surface area contributed by atoms with E-state index in [-0.39, 0.29) is 22.0 Å². The summed E-state index contributed by atoms with van der Waals surface area (Å²) in [5.41, 5.74) is 6.11. The number of rotatable bonds is 3. The number of sulfonamides is 1. The molecule has 7 heteroatoms. The summed E-state index contributed by atoms with van der Waals surface area (Å²) >= 11 is 0. The van der Waals surface area contributed by atoms with Crippen molar-refractivity contribution >= 4 is 21.5 Å². The molecule has 1 aromatic carbocycles. The number of nitrogens with zero attached hydrogens (tertiary/aromatic N) is 1. The van der Waals surface area contributed by atoms with E-state index in [1.165, 1.54) is 19.2 Å². The molecule has 3 N–H and O–H groups in total. The van der Waals surface area contributed by atoms with Gasteiger partial charge >= 0.3 is 0 Å². The quantitative estimate of drug-likeness (QED) is 0.850. The van der Waals surface area contributed by atoms with Crippen LogP contribution in [0.3, 0.4) is 0 Å². The number of aryl methyl sites for hydroxylation is 2. The summed E-state index contributed by atoms with van der Waals surface area (Å²) in [6, 6.07) is 5.75. The zero-order valence-electron chi connectivity index (χ0n) is 11.0. The third-order valence-electron chi connectivity index (χ3n) is 2.81. The number of benzene rings is 1. The van der Waals surface area contributed by atoms with Crippen LogP contribution in [-0.2, 0) is 10.0 Å². The molecular formula is C13H14FN3O2S. The molecule has 5 nitrogen and oxygen atoms in total. The highest BCUT2D eigenvalue weighted by atomic mass is 32.2. The normalized spacial score (nSPS) is 11.3. The fourth-order valence-electron chi connectivity index (χ4n) is 1.70. The van der Waals surface area contributed by atoms with E-state index >= 15 is 0 Å². The van der Waals surface area contributed by atoms with Crippen LogP contribution in [0.1, 0.15) is 11.1 Å². The average molecular weight is 295 g/mol. The highest BCUT2D eigenvalue weighted by molar-refractivity contribution is 7.92. The molecule has 0 unspecified atom stereocenters. The van der Waals surface area contributed by atoms with Gasteiger partial charge in [0.1, 0.15) is 11.6 Å². The van der Waals surface area contributed by atoms with Gasteiger partial charge in [0.2, 0.25) is 0 Å². The Labute approximate surface area is 116 Å². The Kier molecular flexibility index (Phi) is 3.63. The topological polar surface area (TPSA) is 85.1 Å². The van der Waals surface area contributed by atoms with Crippen LogP contribution < -0.4 is 10.5 Å². The summed E-state index contributed by atoms with van der Waals surface area (Å²) in [4.78, 5) is 3.86. The van der Waals surface area contributed by atoms with E-state index in [4.69, 9.17) is 5.73 Å². The molecule has 0 spiro atoms. The van der Waals surface area contributed by atoms with Gasteiger partial charge in [0.05, 0.1) is 10.6 Å². The maximum absolute atomic E-state index is 13.4. The van der Waals surface area contributed by atoms with Crippen molar-refractivity contribution in [3.8, 4) is 0 Å². The standard InChI is InChI=1S/C13H14FN3O2S/c1-8-4-3-5-16-13(8)17-20(18,19)10-6-9(2)12(14)11(15)7-10/h3-7H,15H2,1-2H3,(H,16,17). The maximum Gasteiger partial charge on any atom is 0.263 e. The number of nitrogen functional groups attached to an aromatic ring is 1. The van der Waals surface area contributed by atoms with Crippen LogP contribution in [0.2, 0.25) is 0 Å². The lowest BCUT2D eigenvalue weighted by atomic mass is 10.2. The molecule has 0 aliphatic carbocycles. The molecule has 0 aliphatic heterocycles.